The van der Waals surface area contributed by atoms with E-state index in [2.05, 4.69) is 15.5 Å². The van der Waals surface area contributed by atoms with Gasteiger partial charge in [-0.05, 0) is 32.6 Å². The Bertz CT molecular complexity index is 830. The van der Waals surface area contributed by atoms with Crippen LogP contribution in [-0.2, 0) is 0 Å². The lowest BCUT2D eigenvalue weighted by molar-refractivity contribution is 0.0950. The molecule has 27 heavy (non-hydrogen) atoms. The average Bonchev–Trinajstić information content (AvgIpc) is 3.26. The van der Waals surface area contributed by atoms with Gasteiger partial charge in [0.25, 0.3) is 5.91 Å². The van der Waals surface area contributed by atoms with Crippen LogP contribution in [0.15, 0.2) is 18.3 Å². The van der Waals surface area contributed by atoms with E-state index in [-0.39, 0.29) is 17.9 Å². The fraction of sp³-hybridized carbons (Fsp3) is 0.556. The Morgan fingerprint density at radius 3 is 2.70 bits per heavy atom. The SMILES string of the molecule is CN(C)CCNC(=O)c1ccc2nnc(C3CCN(C(=O)N(C)C)C3)n2c1. The molecule has 1 aliphatic rings. The number of aromatic nitrogens is 3. The maximum atomic E-state index is 12.4. The van der Waals surface area contributed by atoms with Crippen molar-refractivity contribution in [2.45, 2.75) is 12.3 Å². The quantitative estimate of drug-likeness (QED) is 0.824. The number of amides is 3. The van der Waals surface area contributed by atoms with Gasteiger partial charge in [-0.25, -0.2) is 4.79 Å². The minimum atomic E-state index is -0.116. The van der Waals surface area contributed by atoms with Crippen molar-refractivity contribution in [1.82, 2.24) is 34.6 Å². The van der Waals surface area contributed by atoms with Gasteiger partial charge in [0.15, 0.2) is 5.65 Å². The topological polar surface area (TPSA) is 86.1 Å². The molecule has 1 aliphatic heterocycles. The predicted molar refractivity (Wildman–Crippen MR) is 102 cm³/mol. The largest absolute Gasteiger partial charge is 0.351 e. The molecule has 0 aromatic carbocycles. The van der Waals surface area contributed by atoms with E-state index >= 15 is 0 Å². The van der Waals surface area contributed by atoms with E-state index in [1.807, 2.05) is 28.3 Å². The second-order valence-electron chi connectivity index (χ2n) is 7.37. The summed E-state index contributed by atoms with van der Waals surface area (Å²) >= 11 is 0. The zero-order valence-corrected chi connectivity index (χ0v) is 16.3. The lowest BCUT2D eigenvalue weighted by Gasteiger charge is -2.21. The molecule has 1 unspecified atom stereocenters. The number of pyridine rings is 1. The monoisotopic (exact) mass is 373 g/mol. The zero-order chi connectivity index (χ0) is 19.6. The van der Waals surface area contributed by atoms with Crippen LogP contribution in [0.1, 0.15) is 28.5 Å². The fourth-order valence-corrected chi connectivity index (χ4v) is 3.24. The summed E-state index contributed by atoms with van der Waals surface area (Å²) in [6, 6.07) is 3.57. The molecule has 1 saturated heterocycles. The van der Waals surface area contributed by atoms with Gasteiger partial charge in [-0.15, -0.1) is 10.2 Å². The molecule has 1 fully saturated rings. The van der Waals surface area contributed by atoms with Crippen LogP contribution >= 0.6 is 0 Å². The van der Waals surface area contributed by atoms with Crippen molar-refractivity contribution in [1.29, 1.82) is 0 Å². The van der Waals surface area contributed by atoms with E-state index in [9.17, 15) is 9.59 Å². The Balaban J connectivity index is 1.76. The number of urea groups is 1. The molecule has 0 spiro atoms. The van der Waals surface area contributed by atoms with E-state index in [0.717, 1.165) is 18.8 Å². The maximum absolute atomic E-state index is 12.4. The summed E-state index contributed by atoms with van der Waals surface area (Å²) in [5.41, 5.74) is 1.27. The first-order valence-corrected chi connectivity index (χ1v) is 9.10. The number of carbonyl (C=O) groups excluding carboxylic acids is 2. The highest BCUT2D eigenvalue weighted by Gasteiger charge is 2.31. The van der Waals surface area contributed by atoms with Gasteiger partial charge >= 0.3 is 6.03 Å². The van der Waals surface area contributed by atoms with Gasteiger partial charge in [0, 0.05) is 52.4 Å². The normalized spacial score (nSPS) is 16.9. The predicted octanol–water partition coefficient (Wildman–Crippen LogP) is 0.492. The average molecular weight is 373 g/mol. The van der Waals surface area contributed by atoms with Gasteiger partial charge in [-0.2, -0.15) is 0 Å². The van der Waals surface area contributed by atoms with Crippen LogP contribution in [0.5, 0.6) is 0 Å². The molecule has 9 nitrogen and oxygen atoms in total. The van der Waals surface area contributed by atoms with Crippen molar-refractivity contribution in [3.8, 4) is 0 Å². The molecule has 3 amide bonds. The molecule has 3 heterocycles. The Morgan fingerprint density at radius 1 is 1.22 bits per heavy atom. The molecule has 0 aliphatic carbocycles. The van der Waals surface area contributed by atoms with Crippen molar-refractivity contribution in [3.63, 3.8) is 0 Å². The molecule has 2 aromatic rings. The first kappa shape index (κ1) is 19.1. The van der Waals surface area contributed by atoms with Gasteiger partial charge in [-0.1, -0.05) is 0 Å². The van der Waals surface area contributed by atoms with Crippen LogP contribution in [0.2, 0.25) is 0 Å². The van der Waals surface area contributed by atoms with E-state index in [0.29, 0.717) is 30.8 Å². The smallest absolute Gasteiger partial charge is 0.319 e. The molecule has 2 aromatic heterocycles. The van der Waals surface area contributed by atoms with Crippen LogP contribution < -0.4 is 5.32 Å². The number of rotatable bonds is 5. The third-order valence-electron chi connectivity index (χ3n) is 4.74. The Hall–Kier alpha value is -2.68. The summed E-state index contributed by atoms with van der Waals surface area (Å²) in [6.07, 6.45) is 2.62. The van der Waals surface area contributed by atoms with Gasteiger partial charge < -0.3 is 20.0 Å². The molecule has 0 saturated carbocycles. The van der Waals surface area contributed by atoms with Gasteiger partial charge in [0.2, 0.25) is 0 Å². The molecule has 0 bridgehead atoms. The molecule has 1 atom stereocenters. The highest BCUT2D eigenvalue weighted by Crippen LogP contribution is 2.27. The third-order valence-corrected chi connectivity index (χ3v) is 4.74. The number of likely N-dealkylation sites (tertiary alicyclic amines) is 1. The van der Waals surface area contributed by atoms with Crippen LogP contribution in [0.3, 0.4) is 0 Å². The van der Waals surface area contributed by atoms with Crippen LogP contribution in [0, 0.1) is 0 Å². The van der Waals surface area contributed by atoms with Gasteiger partial charge in [0.05, 0.1) is 5.56 Å². The van der Waals surface area contributed by atoms with E-state index < -0.39 is 0 Å². The van der Waals surface area contributed by atoms with Crippen molar-refractivity contribution >= 4 is 17.6 Å². The molecule has 3 rings (SSSR count). The lowest BCUT2D eigenvalue weighted by atomic mass is 10.1. The summed E-state index contributed by atoms with van der Waals surface area (Å²) in [7, 11) is 7.44. The van der Waals surface area contributed by atoms with E-state index in [1.165, 1.54) is 0 Å². The molecular weight excluding hydrogens is 346 g/mol. The first-order chi connectivity index (χ1) is 12.9. The summed E-state index contributed by atoms with van der Waals surface area (Å²) in [5.74, 6) is 0.784. The van der Waals surface area contributed by atoms with Crippen LogP contribution in [0.25, 0.3) is 5.65 Å². The number of fused-ring (bicyclic) bond motifs is 1. The van der Waals surface area contributed by atoms with Crippen molar-refractivity contribution in [3.05, 3.63) is 29.7 Å². The number of carbonyl (C=O) groups is 2. The highest BCUT2D eigenvalue weighted by molar-refractivity contribution is 5.94. The van der Waals surface area contributed by atoms with Gasteiger partial charge in [0.1, 0.15) is 5.82 Å². The molecule has 0 radical (unpaired) electrons. The van der Waals surface area contributed by atoms with Crippen molar-refractivity contribution in [2.75, 3.05) is 54.4 Å². The Labute approximate surface area is 158 Å². The maximum Gasteiger partial charge on any atom is 0.319 e. The van der Waals surface area contributed by atoms with Crippen LogP contribution in [-0.4, -0.2) is 95.6 Å². The molecule has 1 N–H and O–H groups in total. The molecular formula is C18H27N7O2. The van der Waals surface area contributed by atoms with Crippen molar-refractivity contribution in [2.24, 2.45) is 0 Å². The fourth-order valence-electron chi connectivity index (χ4n) is 3.24. The highest BCUT2D eigenvalue weighted by atomic mass is 16.2. The Kier molecular flexibility index (Phi) is 5.59. The van der Waals surface area contributed by atoms with Crippen molar-refractivity contribution < 1.29 is 9.59 Å². The summed E-state index contributed by atoms with van der Waals surface area (Å²) in [4.78, 5) is 30.0. The number of hydrogen-bond donors (Lipinski definition) is 1. The van der Waals surface area contributed by atoms with E-state index in [1.54, 1.807) is 37.3 Å². The number of likely N-dealkylation sites (N-methyl/N-ethyl adjacent to an activating group) is 1. The van der Waals surface area contributed by atoms with Gasteiger partial charge in [-0.3, -0.25) is 9.20 Å². The summed E-state index contributed by atoms with van der Waals surface area (Å²) in [6.45, 7) is 2.67. The number of nitrogens with one attached hydrogen (secondary N) is 1. The Morgan fingerprint density at radius 2 is 2.00 bits per heavy atom. The number of nitrogens with zero attached hydrogens (tertiary/aromatic N) is 6. The minimum absolute atomic E-state index is 0.00674. The standard InChI is InChI=1S/C18H27N7O2/c1-22(2)10-8-19-17(26)14-5-6-15-20-21-16(25(15)12-14)13-7-9-24(11-13)18(27)23(3)4/h5-6,12-13H,7-11H2,1-4H3,(H,19,26). The third kappa shape index (κ3) is 4.19. The summed E-state index contributed by atoms with van der Waals surface area (Å²) < 4.78 is 1.87. The second-order valence-corrected chi connectivity index (χ2v) is 7.37. The second kappa shape index (κ2) is 7.91. The molecule has 9 heteroatoms. The zero-order valence-electron chi connectivity index (χ0n) is 16.3. The van der Waals surface area contributed by atoms with Crippen LogP contribution in [0.4, 0.5) is 4.79 Å². The lowest BCUT2D eigenvalue weighted by Crippen LogP contribution is -2.37. The summed E-state index contributed by atoms with van der Waals surface area (Å²) in [5, 5.41) is 11.5. The minimum Gasteiger partial charge on any atom is -0.351 e. The van der Waals surface area contributed by atoms with E-state index in [4.69, 9.17) is 0 Å². The number of hydrogen-bond acceptors (Lipinski definition) is 5. The molecule has 146 valence electrons. The first-order valence-electron chi connectivity index (χ1n) is 9.10.